The molecule has 0 rings (SSSR count). The number of ether oxygens (including phenoxy) is 1. The number of hydrogen-bond acceptors (Lipinski definition) is 3. The first kappa shape index (κ1) is 18.9. The van der Waals surface area contributed by atoms with Crippen molar-refractivity contribution in [3.8, 4) is 0 Å². The van der Waals surface area contributed by atoms with E-state index in [1.54, 1.807) is 0 Å². The predicted molar refractivity (Wildman–Crippen MR) is 81.3 cm³/mol. The molecule has 0 bridgehead atoms. The summed E-state index contributed by atoms with van der Waals surface area (Å²) < 4.78 is 4.75. The van der Waals surface area contributed by atoms with Gasteiger partial charge in [0, 0.05) is 6.42 Å². The molecule has 0 saturated heterocycles. The second-order valence-electron chi connectivity index (χ2n) is 7.35. The van der Waals surface area contributed by atoms with Crippen LogP contribution in [0.2, 0.25) is 0 Å². The summed E-state index contributed by atoms with van der Waals surface area (Å²) in [4.78, 5) is 23.7. The maximum absolute atomic E-state index is 12.0. The highest BCUT2D eigenvalue weighted by atomic mass is 16.5. The fraction of sp³-hybridized carbons (Fsp3) is 0.875. The van der Waals surface area contributed by atoms with E-state index in [0.717, 1.165) is 6.42 Å². The molecule has 1 amide bonds. The summed E-state index contributed by atoms with van der Waals surface area (Å²) in [5, 5.41) is 2.80. The highest BCUT2D eigenvalue weighted by Crippen LogP contribution is 2.25. The summed E-state index contributed by atoms with van der Waals surface area (Å²) >= 11 is 0. The minimum atomic E-state index is -0.533. The van der Waals surface area contributed by atoms with Crippen LogP contribution in [-0.2, 0) is 14.3 Å². The Morgan fingerprint density at radius 2 is 1.70 bits per heavy atom. The Balaban J connectivity index is 4.42. The van der Waals surface area contributed by atoms with Crippen LogP contribution >= 0.6 is 0 Å². The Morgan fingerprint density at radius 3 is 2.10 bits per heavy atom. The van der Waals surface area contributed by atoms with Gasteiger partial charge in [-0.1, -0.05) is 41.5 Å². The van der Waals surface area contributed by atoms with Gasteiger partial charge in [0.05, 0.1) is 7.11 Å². The van der Waals surface area contributed by atoms with E-state index in [9.17, 15) is 9.59 Å². The van der Waals surface area contributed by atoms with E-state index in [2.05, 4.69) is 33.0 Å². The lowest BCUT2D eigenvalue weighted by atomic mass is 9.84. The van der Waals surface area contributed by atoms with Gasteiger partial charge in [0.15, 0.2) is 0 Å². The van der Waals surface area contributed by atoms with Gasteiger partial charge in [-0.05, 0) is 30.1 Å². The molecule has 0 radical (unpaired) electrons. The van der Waals surface area contributed by atoms with Gasteiger partial charge in [0.2, 0.25) is 5.91 Å². The molecule has 2 atom stereocenters. The number of amides is 1. The molecule has 0 aliphatic carbocycles. The molecule has 4 heteroatoms. The minimum Gasteiger partial charge on any atom is -0.467 e. The number of carbonyl (C=O) groups is 2. The molecule has 4 nitrogen and oxygen atoms in total. The van der Waals surface area contributed by atoms with Crippen molar-refractivity contribution in [3.63, 3.8) is 0 Å². The number of rotatable bonds is 7. The van der Waals surface area contributed by atoms with Crippen LogP contribution in [0.3, 0.4) is 0 Å². The molecule has 0 aromatic heterocycles. The van der Waals surface area contributed by atoms with Crippen molar-refractivity contribution < 1.29 is 14.3 Å². The zero-order valence-electron chi connectivity index (χ0n) is 14.1. The van der Waals surface area contributed by atoms with Gasteiger partial charge in [0.25, 0.3) is 0 Å². The van der Waals surface area contributed by atoms with Gasteiger partial charge in [-0.3, -0.25) is 4.79 Å². The summed E-state index contributed by atoms with van der Waals surface area (Å²) in [6.45, 7) is 12.6. The normalized spacial score (nSPS) is 14.8. The smallest absolute Gasteiger partial charge is 0.328 e. The van der Waals surface area contributed by atoms with Gasteiger partial charge in [0.1, 0.15) is 6.04 Å². The molecular weight excluding hydrogens is 254 g/mol. The first-order chi connectivity index (χ1) is 9.05. The standard InChI is InChI=1S/C16H31NO3/c1-11(2)8-13(15(19)20-7)17-14(18)9-12(3)10-16(4,5)6/h11-13H,8-10H2,1-7H3,(H,17,18). The first-order valence-corrected chi connectivity index (χ1v) is 7.42. The maximum atomic E-state index is 12.0. The van der Waals surface area contributed by atoms with E-state index in [1.807, 2.05) is 13.8 Å². The van der Waals surface area contributed by atoms with E-state index in [0.29, 0.717) is 24.7 Å². The van der Waals surface area contributed by atoms with Crippen LogP contribution in [0.1, 0.15) is 60.8 Å². The van der Waals surface area contributed by atoms with E-state index in [-0.39, 0.29) is 17.3 Å². The second kappa shape index (κ2) is 8.28. The van der Waals surface area contributed by atoms with E-state index < -0.39 is 6.04 Å². The zero-order valence-corrected chi connectivity index (χ0v) is 14.1. The SMILES string of the molecule is COC(=O)C(CC(C)C)NC(=O)CC(C)CC(C)(C)C. The molecule has 2 unspecified atom stereocenters. The molecule has 0 fully saturated rings. The van der Waals surface area contributed by atoms with Crippen LogP contribution < -0.4 is 5.32 Å². The van der Waals surface area contributed by atoms with E-state index in [4.69, 9.17) is 4.74 Å². The van der Waals surface area contributed by atoms with Crippen molar-refractivity contribution >= 4 is 11.9 Å². The number of methoxy groups -OCH3 is 1. The fourth-order valence-corrected chi connectivity index (χ4v) is 2.52. The predicted octanol–water partition coefficient (Wildman–Crippen LogP) is 3.15. The summed E-state index contributed by atoms with van der Waals surface area (Å²) in [5.41, 5.74) is 0.208. The van der Waals surface area contributed by atoms with Gasteiger partial charge in [-0.2, -0.15) is 0 Å². The molecule has 118 valence electrons. The molecule has 0 aromatic carbocycles. The Kier molecular flexibility index (Phi) is 7.84. The highest BCUT2D eigenvalue weighted by Gasteiger charge is 2.24. The van der Waals surface area contributed by atoms with Crippen molar-refractivity contribution in [1.82, 2.24) is 5.32 Å². The zero-order chi connectivity index (χ0) is 15.9. The third-order valence-electron chi connectivity index (χ3n) is 3.02. The monoisotopic (exact) mass is 285 g/mol. The van der Waals surface area contributed by atoms with Crippen molar-refractivity contribution in [2.75, 3.05) is 7.11 Å². The molecular formula is C16H31NO3. The van der Waals surface area contributed by atoms with Crippen molar-refractivity contribution in [1.29, 1.82) is 0 Å². The lowest BCUT2D eigenvalue weighted by Crippen LogP contribution is -2.42. The van der Waals surface area contributed by atoms with Crippen LogP contribution in [0.25, 0.3) is 0 Å². The van der Waals surface area contributed by atoms with Crippen LogP contribution in [0.15, 0.2) is 0 Å². The molecule has 20 heavy (non-hydrogen) atoms. The van der Waals surface area contributed by atoms with Crippen molar-refractivity contribution in [2.24, 2.45) is 17.3 Å². The minimum absolute atomic E-state index is 0.0715. The molecule has 0 aliphatic heterocycles. The topological polar surface area (TPSA) is 55.4 Å². The third-order valence-corrected chi connectivity index (χ3v) is 3.02. The van der Waals surface area contributed by atoms with Crippen LogP contribution in [-0.4, -0.2) is 25.0 Å². The van der Waals surface area contributed by atoms with Gasteiger partial charge in [-0.25, -0.2) is 4.79 Å². The fourth-order valence-electron chi connectivity index (χ4n) is 2.52. The summed E-state index contributed by atoms with van der Waals surface area (Å²) in [6, 6.07) is -0.533. The first-order valence-electron chi connectivity index (χ1n) is 7.42. The summed E-state index contributed by atoms with van der Waals surface area (Å²) in [5.74, 6) is 0.187. The quantitative estimate of drug-likeness (QED) is 0.731. The average molecular weight is 285 g/mol. The van der Waals surface area contributed by atoms with Crippen molar-refractivity contribution in [3.05, 3.63) is 0 Å². The van der Waals surface area contributed by atoms with Gasteiger partial charge < -0.3 is 10.1 Å². The van der Waals surface area contributed by atoms with E-state index >= 15 is 0 Å². The van der Waals surface area contributed by atoms with Crippen LogP contribution in [0.5, 0.6) is 0 Å². The highest BCUT2D eigenvalue weighted by molar-refractivity contribution is 5.84. The molecule has 0 spiro atoms. The molecule has 1 N–H and O–H groups in total. The Hall–Kier alpha value is -1.06. The summed E-state index contributed by atoms with van der Waals surface area (Å²) in [6.07, 6.45) is 2.03. The largest absolute Gasteiger partial charge is 0.467 e. The lowest BCUT2D eigenvalue weighted by molar-refractivity contribution is -0.145. The number of nitrogens with one attached hydrogen (secondary N) is 1. The number of carbonyl (C=O) groups excluding carboxylic acids is 2. The molecule has 0 aromatic rings. The van der Waals surface area contributed by atoms with E-state index in [1.165, 1.54) is 7.11 Å². The number of esters is 1. The lowest BCUT2D eigenvalue weighted by Gasteiger charge is -2.24. The Bertz CT molecular complexity index is 318. The maximum Gasteiger partial charge on any atom is 0.328 e. The summed E-state index contributed by atoms with van der Waals surface area (Å²) in [7, 11) is 1.35. The number of hydrogen-bond donors (Lipinski definition) is 1. The van der Waals surface area contributed by atoms with Crippen molar-refractivity contribution in [2.45, 2.75) is 66.8 Å². The Labute approximate surface area is 123 Å². The molecule has 0 heterocycles. The van der Waals surface area contributed by atoms with Gasteiger partial charge >= 0.3 is 5.97 Å². The van der Waals surface area contributed by atoms with Crippen LogP contribution in [0.4, 0.5) is 0 Å². The Morgan fingerprint density at radius 1 is 1.15 bits per heavy atom. The van der Waals surface area contributed by atoms with Gasteiger partial charge in [-0.15, -0.1) is 0 Å². The van der Waals surface area contributed by atoms with Crippen LogP contribution in [0, 0.1) is 17.3 Å². The average Bonchev–Trinajstić information content (AvgIpc) is 2.23. The molecule has 0 saturated carbocycles. The third kappa shape index (κ3) is 8.94. The second-order valence-corrected chi connectivity index (χ2v) is 7.35. The molecule has 0 aliphatic rings.